The lowest BCUT2D eigenvalue weighted by Gasteiger charge is -2.54. The summed E-state index contributed by atoms with van der Waals surface area (Å²) in [5.74, 6) is 1.04. The van der Waals surface area contributed by atoms with Crippen molar-refractivity contribution in [3.8, 4) is 34.3 Å². The summed E-state index contributed by atoms with van der Waals surface area (Å²) in [4.78, 5) is 50.1. The number of aromatic hydroxyl groups is 1. The average molecular weight is 1050 g/mol. The van der Waals surface area contributed by atoms with Crippen LogP contribution < -0.4 is 25.2 Å². The molecule has 0 saturated carbocycles. The number of carbonyl (C=O) groups is 2. The van der Waals surface area contributed by atoms with Crippen LogP contribution in [0.15, 0.2) is 83.6 Å². The molecule has 12 rings (SSSR count). The number of anilines is 2. The van der Waals surface area contributed by atoms with Gasteiger partial charge in [0.25, 0.3) is 0 Å². The molecule has 0 aliphatic carbocycles. The molecule has 1 spiro atoms. The average Bonchev–Trinajstić information content (AvgIpc) is 4.29. The third kappa shape index (κ3) is 10.7. The van der Waals surface area contributed by atoms with Gasteiger partial charge < -0.3 is 39.7 Å². The molecule has 3 N–H and O–H groups in total. The van der Waals surface area contributed by atoms with E-state index < -0.39 is 11.9 Å². The standard InChI is InChI=1S/C56H63FN12O5.C3H8/c1-4-35-7-5-8-38-25-41(70)26-43(49(35)38)51-50(57)52-44(29-58-51)53(67-30-39-14-15-40(31-67)61-39)63-55(62-52)73-24-23-66-21-17-56(18-22-66)32-68(33-56)47-27-42(74-64-47)28-48(71)69-20-6-9-46(69)54(72)60-34(2)36-10-12-37(13-11-36)45-16-19-59-65(45)3;1-3-2/h5,7-8,10-13,16,19,25-27,29,34,39-40,46,61,70H,4,6,9,14-15,17-18,20-24,28,30-33H2,1-3H3,(H,60,72);3H2,1-2H3. The minimum atomic E-state index is -0.568. The number of rotatable bonds is 14. The Balaban J connectivity index is 0.00000206. The van der Waals surface area contributed by atoms with Gasteiger partial charge in [-0.05, 0) is 111 Å². The highest BCUT2D eigenvalue weighted by atomic mass is 19.1. The van der Waals surface area contributed by atoms with Crippen LogP contribution >= 0.6 is 0 Å². The molecule has 404 valence electrons. The van der Waals surface area contributed by atoms with Gasteiger partial charge in [-0.2, -0.15) is 15.1 Å². The van der Waals surface area contributed by atoms with Gasteiger partial charge in [-0.15, -0.1) is 0 Å². The molecule has 5 fully saturated rings. The number of aromatic nitrogens is 6. The molecule has 7 aromatic rings. The first-order valence-electron chi connectivity index (χ1n) is 27.8. The zero-order chi connectivity index (χ0) is 53.4. The number of amides is 2. The van der Waals surface area contributed by atoms with Crippen LogP contribution in [0.4, 0.5) is 16.0 Å². The Kier molecular flexibility index (Phi) is 14.9. The van der Waals surface area contributed by atoms with Crippen molar-refractivity contribution < 1.29 is 28.3 Å². The fraction of sp³-hybridized carbons (Fsp3) is 0.475. The van der Waals surface area contributed by atoms with E-state index in [1.807, 2.05) is 73.3 Å². The number of piperazine rings is 1. The van der Waals surface area contributed by atoms with E-state index in [2.05, 4.69) is 56.4 Å². The topological polar surface area (TPSA) is 183 Å². The van der Waals surface area contributed by atoms with Gasteiger partial charge in [-0.3, -0.25) is 24.2 Å². The zero-order valence-electron chi connectivity index (χ0n) is 45.0. The number of hydrogen-bond donors (Lipinski definition) is 3. The van der Waals surface area contributed by atoms with Crippen molar-refractivity contribution in [3.05, 3.63) is 102 Å². The Hall–Kier alpha value is -7.18. The first-order chi connectivity index (χ1) is 37.4. The van der Waals surface area contributed by atoms with Crippen LogP contribution in [0.1, 0.15) is 95.6 Å². The molecule has 2 amide bonds. The third-order valence-electron chi connectivity index (χ3n) is 16.4. The SMILES string of the molecule is CCC.CCc1cccc2cc(O)cc(-c3ncc4c(N5CC6CCC(C5)N6)nc(OCCN5CCC6(CC5)CN(c5cc(CC(=O)N7CCCC7C(=O)NC(C)c7ccc(-c8ccnn8C)cc7)on5)C6)nc4c3F)c12. The van der Waals surface area contributed by atoms with Crippen LogP contribution in [0.2, 0.25) is 0 Å². The Bertz CT molecular complexity index is 3240. The number of likely N-dealkylation sites (tertiary alicyclic amines) is 2. The minimum Gasteiger partial charge on any atom is -0.508 e. The maximum absolute atomic E-state index is 17.1. The summed E-state index contributed by atoms with van der Waals surface area (Å²) >= 11 is 0. The van der Waals surface area contributed by atoms with Gasteiger partial charge in [-0.25, -0.2) is 4.39 Å². The summed E-state index contributed by atoms with van der Waals surface area (Å²) in [6.45, 7) is 14.9. The van der Waals surface area contributed by atoms with Crippen LogP contribution in [-0.2, 0) is 29.5 Å². The van der Waals surface area contributed by atoms with E-state index >= 15 is 4.39 Å². The van der Waals surface area contributed by atoms with E-state index in [4.69, 9.17) is 24.2 Å². The number of pyridine rings is 1. The number of phenolic OH excluding ortho intramolecular Hbond substituents is 1. The number of halogens is 1. The number of aryl methyl sites for hydroxylation is 2. The summed E-state index contributed by atoms with van der Waals surface area (Å²) in [5, 5.41) is 28.4. The molecule has 5 aliphatic heterocycles. The van der Waals surface area contributed by atoms with E-state index in [0.29, 0.717) is 60.7 Å². The van der Waals surface area contributed by atoms with Crippen molar-refractivity contribution in [2.45, 2.75) is 110 Å². The number of hydrogen-bond acceptors (Lipinski definition) is 14. The summed E-state index contributed by atoms with van der Waals surface area (Å²) in [6.07, 6.45) is 11.1. The minimum absolute atomic E-state index is 0.0428. The predicted molar refractivity (Wildman–Crippen MR) is 295 cm³/mol. The highest BCUT2D eigenvalue weighted by molar-refractivity contribution is 6.01. The van der Waals surface area contributed by atoms with Crippen LogP contribution in [0.5, 0.6) is 11.8 Å². The highest BCUT2D eigenvalue weighted by Gasteiger charge is 2.46. The van der Waals surface area contributed by atoms with E-state index in [1.165, 1.54) is 6.42 Å². The maximum atomic E-state index is 17.1. The van der Waals surface area contributed by atoms with Crippen molar-refractivity contribution in [2.24, 2.45) is 12.5 Å². The Morgan fingerprint density at radius 1 is 0.961 bits per heavy atom. The summed E-state index contributed by atoms with van der Waals surface area (Å²) in [6, 6.07) is 21.2. The second-order valence-corrected chi connectivity index (χ2v) is 21.9. The van der Waals surface area contributed by atoms with Crippen molar-refractivity contribution in [3.63, 3.8) is 0 Å². The maximum Gasteiger partial charge on any atom is 0.319 e. The lowest BCUT2D eigenvalue weighted by atomic mass is 9.72. The predicted octanol–water partition coefficient (Wildman–Crippen LogP) is 8.39. The number of phenols is 1. The molecule has 4 unspecified atom stereocenters. The van der Waals surface area contributed by atoms with Crippen molar-refractivity contribution in [2.75, 3.05) is 68.8 Å². The number of ether oxygens (including phenoxy) is 1. The molecule has 5 saturated heterocycles. The molecule has 0 radical (unpaired) electrons. The van der Waals surface area contributed by atoms with E-state index in [9.17, 15) is 14.7 Å². The lowest BCUT2D eigenvalue weighted by molar-refractivity contribution is -0.138. The molecule has 4 aromatic heterocycles. The van der Waals surface area contributed by atoms with E-state index in [0.717, 1.165) is 117 Å². The van der Waals surface area contributed by atoms with Crippen LogP contribution in [0.3, 0.4) is 0 Å². The second kappa shape index (κ2) is 22.0. The first-order valence-corrected chi connectivity index (χ1v) is 27.8. The normalized spacial score (nSPS) is 20.3. The monoisotopic (exact) mass is 1050 g/mol. The zero-order valence-corrected chi connectivity index (χ0v) is 45.0. The van der Waals surface area contributed by atoms with Crippen molar-refractivity contribution in [1.82, 2.24) is 50.3 Å². The van der Waals surface area contributed by atoms with Crippen molar-refractivity contribution >= 4 is 45.1 Å². The molecule has 3 aromatic carbocycles. The number of fused-ring (bicyclic) bond motifs is 4. The summed E-state index contributed by atoms with van der Waals surface area (Å²) in [7, 11) is 1.91. The lowest BCUT2D eigenvalue weighted by Crippen LogP contribution is -2.60. The Morgan fingerprint density at radius 3 is 2.45 bits per heavy atom. The molecular formula is C59H71FN12O5. The molecule has 18 heteroatoms. The van der Waals surface area contributed by atoms with Gasteiger partial charge in [0.15, 0.2) is 11.6 Å². The molecule has 2 bridgehead atoms. The molecular weight excluding hydrogens is 976 g/mol. The smallest absolute Gasteiger partial charge is 0.319 e. The quantitative estimate of drug-likeness (QED) is 0.0944. The fourth-order valence-electron chi connectivity index (χ4n) is 12.3. The number of nitrogens with zero attached hydrogens (tertiary/aromatic N) is 10. The number of piperidine rings is 1. The first kappa shape index (κ1) is 51.9. The molecule has 5 aliphatic rings. The summed E-state index contributed by atoms with van der Waals surface area (Å²) in [5.41, 5.74) is 5.06. The number of carbonyl (C=O) groups excluding carboxylic acids is 2. The summed E-state index contributed by atoms with van der Waals surface area (Å²) < 4.78 is 31.0. The van der Waals surface area contributed by atoms with Gasteiger partial charge in [0.1, 0.15) is 41.2 Å². The Morgan fingerprint density at radius 2 is 1.73 bits per heavy atom. The highest BCUT2D eigenvalue weighted by Crippen LogP contribution is 2.43. The van der Waals surface area contributed by atoms with Gasteiger partial charge in [0, 0.05) is 87.8 Å². The fourth-order valence-corrected chi connectivity index (χ4v) is 12.3. The van der Waals surface area contributed by atoms with Crippen molar-refractivity contribution in [1.29, 1.82) is 0 Å². The van der Waals surface area contributed by atoms with Gasteiger partial charge in [0.2, 0.25) is 11.8 Å². The molecule has 77 heavy (non-hydrogen) atoms. The van der Waals surface area contributed by atoms with Gasteiger partial charge >= 0.3 is 6.01 Å². The third-order valence-corrected chi connectivity index (χ3v) is 16.4. The van der Waals surface area contributed by atoms with Gasteiger partial charge in [-0.1, -0.05) is 74.8 Å². The molecule has 4 atom stereocenters. The van der Waals surface area contributed by atoms with E-state index in [1.54, 1.807) is 29.4 Å². The van der Waals surface area contributed by atoms with Crippen LogP contribution in [0, 0.1) is 11.2 Å². The second-order valence-electron chi connectivity index (χ2n) is 21.9. The molecule has 9 heterocycles. The number of benzene rings is 3. The Labute approximate surface area is 449 Å². The van der Waals surface area contributed by atoms with Crippen LogP contribution in [-0.4, -0.2) is 134 Å². The molecule has 17 nitrogen and oxygen atoms in total. The van der Waals surface area contributed by atoms with Gasteiger partial charge in [0.05, 0.1) is 23.5 Å². The van der Waals surface area contributed by atoms with E-state index in [-0.39, 0.29) is 52.7 Å². The number of nitrogens with one attached hydrogen (secondary N) is 2. The largest absolute Gasteiger partial charge is 0.508 e. The van der Waals surface area contributed by atoms with Crippen LogP contribution in [0.25, 0.3) is 44.2 Å².